The highest BCUT2D eigenvalue weighted by Crippen LogP contribution is 2.29. The second-order valence-electron chi connectivity index (χ2n) is 7.31. The normalized spacial score (nSPS) is 24.5. The third-order valence-electron chi connectivity index (χ3n) is 5.29. The molecular formula is C18H27N3O3. The molecule has 1 saturated carbocycles. The van der Waals surface area contributed by atoms with E-state index in [1.54, 1.807) is 0 Å². The molecule has 4 rings (SSSR count). The van der Waals surface area contributed by atoms with Crippen molar-refractivity contribution in [3.63, 3.8) is 0 Å². The number of amides is 1. The largest absolute Gasteiger partial charge is 0.378 e. The first-order valence-corrected chi connectivity index (χ1v) is 9.36. The number of aryl methyl sites for hydroxylation is 1. The van der Waals surface area contributed by atoms with Gasteiger partial charge in [0.2, 0.25) is 0 Å². The Labute approximate surface area is 142 Å². The van der Waals surface area contributed by atoms with Gasteiger partial charge in [0.1, 0.15) is 0 Å². The Bertz CT molecular complexity index is 582. The van der Waals surface area contributed by atoms with Crippen molar-refractivity contribution >= 4 is 5.91 Å². The number of aromatic amines is 1. The van der Waals surface area contributed by atoms with Gasteiger partial charge in [-0.3, -0.25) is 9.89 Å². The first-order chi connectivity index (χ1) is 11.8. The Morgan fingerprint density at radius 2 is 2.12 bits per heavy atom. The van der Waals surface area contributed by atoms with Crippen molar-refractivity contribution in [2.75, 3.05) is 32.9 Å². The third-order valence-corrected chi connectivity index (χ3v) is 5.29. The summed E-state index contributed by atoms with van der Waals surface area (Å²) in [4.78, 5) is 14.8. The number of nitrogens with zero attached hydrogens (tertiary/aromatic N) is 2. The summed E-state index contributed by atoms with van der Waals surface area (Å²) in [5.41, 5.74) is 2.94. The molecule has 0 aromatic carbocycles. The number of carbonyl (C=O) groups is 1. The van der Waals surface area contributed by atoms with Crippen molar-refractivity contribution < 1.29 is 14.3 Å². The molecule has 0 spiro atoms. The monoisotopic (exact) mass is 333 g/mol. The zero-order valence-corrected chi connectivity index (χ0v) is 14.3. The number of H-pyrrole nitrogens is 1. The number of carbonyl (C=O) groups excluding carboxylic acids is 1. The highest BCUT2D eigenvalue weighted by Gasteiger charge is 2.30. The second kappa shape index (κ2) is 7.23. The molecule has 3 aliphatic rings. The number of rotatable bonds is 5. The predicted octanol–water partition coefficient (Wildman–Crippen LogP) is 1.95. The van der Waals surface area contributed by atoms with E-state index in [2.05, 4.69) is 10.2 Å². The van der Waals surface area contributed by atoms with Crippen LogP contribution in [0.5, 0.6) is 0 Å². The van der Waals surface area contributed by atoms with Crippen LogP contribution in [0.2, 0.25) is 0 Å². The summed E-state index contributed by atoms with van der Waals surface area (Å²) in [5, 5.41) is 7.44. The molecule has 0 radical (unpaired) electrons. The van der Waals surface area contributed by atoms with Crippen LogP contribution in [-0.2, 0) is 22.3 Å². The maximum atomic E-state index is 12.9. The lowest BCUT2D eigenvalue weighted by atomic mass is 10.1. The summed E-state index contributed by atoms with van der Waals surface area (Å²) in [6.07, 6.45) is 8.10. The van der Waals surface area contributed by atoms with Gasteiger partial charge < -0.3 is 14.4 Å². The highest BCUT2D eigenvalue weighted by atomic mass is 16.5. The Morgan fingerprint density at radius 1 is 1.25 bits per heavy atom. The van der Waals surface area contributed by atoms with Crippen LogP contribution in [0.15, 0.2) is 0 Å². The fourth-order valence-electron chi connectivity index (χ4n) is 3.64. The number of ether oxygens (including phenoxy) is 2. The molecule has 24 heavy (non-hydrogen) atoms. The summed E-state index contributed by atoms with van der Waals surface area (Å²) in [7, 11) is 0. The lowest BCUT2D eigenvalue weighted by Crippen LogP contribution is -2.47. The topological polar surface area (TPSA) is 67.5 Å². The molecular weight excluding hydrogens is 306 g/mol. The standard InChI is InChI=1S/C18H27N3O3/c22-18(17-15-4-2-1-3-5-16(15)19-20-17)21-8-9-24-14(10-21)12-23-11-13-6-7-13/h13-14H,1-12H2,(H,19,20)/t14-/m0/s1. The molecule has 1 saturated heterocycles. The number of nitrogens with one attached hydrogen (secondary N) is 1. The fourth-order valence-corrected chi connectivity index (χ4v) is 3.64. The average molecular weight is 333 g/mol. The van der Waals surface area contributed by atoms with Gasteiger partial charge in [0, 0.05) is 31.0 Å². The zero-order valence-electron chi connectivity index (χ0n) is 14.3. The molecule has 2 heterocycles. The van der Waals surface area contributed by atoms with Crippen LogP contribution in [0.3, 0.4) is 0 Å². The molecule has 2 fully saturated rings. The van der Waals surface area contributed by atoms with Gasteiger partial charge in [0.25, 0.3) is 5.91 Å². The first kappa shape index (κ1) is 16.1. The van der Waals surface area contributed by atoms with Gasteiger partial charge in [0.15, 0.2) is 5.69 Å². The van der Waals surface area contributed by atoms with Gasteiger partial charge in [-0.05, 0) is 44.4 Å². The van der Waals surface area contributed by atoms with E-state index >= 15 is 0 Å². The van der Waals surface area contributed by atoms with Crippen molar-refractivity contribution in [2.45, 2.75) is 51.0 Å². The summed E-state index contributed by atoms with van der Waals surface area (Å²) < 4.78 is 11.5. The maximum Gasteiger partial charge on any atom is 0.274 e. The Morgan fingerprint density at radius 3 is 3.00 bits per heavy atom. The van der Waals surface area contributed by atoms with Crippen molar-refractivity contribution in [1.82, 2.24) is 15.1 Å². The third kappa shape index (κ3) is 3.64. The Kier molecular flexibility index (Phi) is 4.85. The molecule has 0 bridgehead atoms. The van der Waals surface area contributed by atoms with Crippen LogP contribution in [0.25, 0.3) is 0 Å². The predicted molar refractivity (Wildman–Crippen MR) is 89.0 cm³/mol. The summed E-state index contributed by atoms with van der Waals surface area (Å²) in [6.45, 7) is 3.24. The van der Waals surface area contributed by atoms with Crippen LogP contribution >= 0.6 is 0 Å². The lowest BCUT2D eigenvalue weighted by molar-refractivity contribution is -0.0629. The van der Waals surface area contributed by atoms with E-state index < -0.39 is 0 Å². The maximum absolute atomic E-state index is 12.9. The lowest BCUT2D eigenvalue weighted by Gasteiger charge is -2.32. The van der Waals surface area contributed by atoms with Gasteiger partial charge in [0.05, 0.1) is 19.3 Å². The van der Waals surface area contributed by atoms with Gasteiger partial charge in [-0.25, -0.2) is 0 Å². The number of aromatic nitrogens is 2. The van der Waals surface area contributed by atoms with Crippen molar-refractivity contribution in [3.8, 4) is 0 Å². The van der Waals surface area contributed by atoms with Crippen LogP contribution in [0.4, 0.5) is 0 Å². The Balaban J connectivity index is 1.37. The van der Waals surface area contributed by atoms with Gasteiger partial charge in [-0.1, -0.05) is 6.42 Å². The Hall–Kier alpha value is -1.40. The molecule has 1 amide bonds. The van der Waals surface area contributed by atoms with Gasteiger partial charge >= 0.3 is 0 Å². The number of hydrogen-bond donors (Lipinski definition) is 1. The van der Waals surface area contributed by atoms with E-state index in [9.17, 15) is 4.79 Å². The molecule has 132 valence electrons. The molecule has 1 aromatic rings. The molecule has 1 aromatic heterocycles. The summed E-state index contributed by atoms with van der Waals surface area (Å²) >= 11 is 0. The van der Waals surface area contributed by atoms with E-state index in [1.165, 1.54) is 25.7 Å². The highest BCUT2D eigenvalue weighted by molar-refractivity contribution is 5.94. The van der Waals surface area contributed by atoms with Crippen molar-refractivity contribution in [1.29, 1.82) is 0 Å². The van der Waals surface area contributed by atoms with Crippen LogP contribution in [0, 0.1) is 5.92 Å². The van der Waals surface area contributed by atoms with Crippen molar-refractivity contribution in [2.24, 2.45) is 5.92 Å². The van der Waals surface area contributed by atoms with Crippen LogP contribution < -0.4 is 0 Å². The minimum atomic E-state index is -0.0148. The quantitative estimate of drug-likeness (QED) is 0.836. The number of fused-ring (bicyclic) bond motifs is 1. The fraction of sp³-hybridized carbons (Fsp3) is 0.778. The van der Waals surface area contributed by atoms with E-state index in [1.807, 2.05) is 4.90 Å². The molecule has 6 heteroatoms. The molecule has 6 nitrogen and oxygen atoms in total. The molecule has 2 aliphatic carbocycles. The summed E-state index contributed by atoms with van der Waals surface area (Å²) in [5.74, 6) is 0.802. The number of hydrogen-bond acceptors (Lipinski definition) is 4. The molecule has 0 unspecified atom stereocenters. The van der Waals surface area contributed by atoms with Crippen molar-refractivity contribution in [3.05, 3.63) is 17.0 Å². The van der Waals surface area contributed by atoms with E-state index in [4.69, 9.17) is 9.47 Å². The van der Waals surface area contributed by atoms with E-state index in [0.29, 0.717) is 32.0 Å². The second-order valence-corrected chi connectivity index (χ2v) is 7.31. The SMILES string of the molecule is O=C(c1n[nH]c2c1CCCCC2)N1CCO[C@H](COCC2CC2)C1. The summed E-state index contributed by atoms with van der Waals surface area (Å²) in [6, 6.07) is 0. The minimum Gasteiger partial charge on any atom is -0.378 e. The van der Waals surface area contributed by atoms with Gasteiger partial charge in [-0.15, -0.1) is 0 Å². The van der Waals surface area contributed by atoms with Crippen LogP contribution in [-0.4, -0.2) is 60.0 Å². The smallest absolute Gasteiger partial charge is 0.274 e. The molecule has 1 N–H and O–H groups in total. The van der Waals surface area contributed by atoms with E-state index in [-0.39, 0.29) is 12.0 Å². The first-order valence-electron chi connectivity index (χ1n) is 9.36. The van der Waals surface area contributed by atoms with Gasteiger partial charge in [-0.2, -0.15) is 5.10 Å². The molecule has 1 aliphatic heterocycles. The average Bonchev–Trinajstić information content (AvgIpc) is 3.39. The van der Waals surface area contributed by atoms with Crippen LogP contribution in [0.1, 0.15) is 53.8 Å². The zero-order chi connectivity index (χ0) is 16.4. The number of morpholine rings is 1. The van der Waals surface area contributed by atoms with E-state index in [0.717, 1.165) is 43.0 Å². The minimum absolute atomic E-state index is 0.0148. The molecule has 1 atom stereocenters.